The van der Waals surface area contributed by atoms with E-state index < -0.39 is 0 Å². The third-order valence-corrected chi connectivity index (χ3v) is 6.87. The van der Waals surface area contributed by atoms with E-state index in [0.29, 0.717) is 6.04 Å². The van der Waals surface area contributed by atoms with Crippen molar-refractivity contribution in [1.29, 1.82) is 0 Å². The van der Waals surface area contributed by atoms with Gasteiger partial charge in [0, 0.05) is 25.4 Å². The monoisotopic (exact) mass is 323 g/mol. The minimum atomic E-state index is -0.242. The van der Waals surface area contributed by atoms with E-state index in [4.69, 9.17) is 9.47 Å². The highest BCUT2D eigenvalue weighted by atomic mass is 16.7. The van der Waals surface area contributed by atoms with Gasteiger partial charge in [0.2, 0.25) is 0 Å². The van der Waals surface area contributed by atoms with Crippen LogP contribution in [0.25, 0.3) is 0 Å². The number of nitrogens with one attached hydrogen (secondary N) is 1. The van der Waals surface area contributed by atoms with Crippen molar-refractivity contribution in [3.05, 3.63) is 0 Å². The molecule has 1 spiro atoms. The van der Waals surface area contributed by atoms with Gasteiger partial charge in [-0.05, 0) is 43.4 Å². The summed E-state index contributed by atoms with van der Waals surface area (Å²) in [4.78, 5) is 0. The van der Waals surface area contributed by atoms with Crippen molar-refractivity contribution in [3.8, 4) is 0 Å². The van der Waals surface area contributed by atoms with Gasteiger partial charge in [-0.3, -0.25) is 0 Å². The first-order valence-electron chi connectivity index (χ1n) is 10.2. The summed E-state index contributed by atoms with van der Waals surface area (Å²) in [7, 11) is 0. The van der Waals surface area contributed by atoms with E-state index in [9.17, 15) is 0 Å². The van der Waals surface area contributed by atoms with E-state index in [2.05, 4.69) is 26.1 Å². The van der Waals surface area contributed by atoms with Crippen molar-refractivity contribution in [2.24, 2.45) is 17.8 Å². The van der Waals surface area contributed by atoms with Gasteiger partial charge in [-0.15, -0.1) is 0 Å². The maximum absolute atomic E-state index is 6.39. The molecular formula is C20H37NO2. The van der Waals surface area contributed by atoms with Gasteiger partial charge in [0.25, 0.3) is 0 Å². The Morgan fingerprint density at radius 1 is 1.13 bits per heavy atom. The Morgan fingerprint density at radius 3 is 2.57 bits per heavy atom. The number of hydrogen-bond acceptors (Lipinski definition) is 3. The molecule has 4 atom stereocenters. The Labute approximate surface area is 142 Å². The first-order chi connectivity index (χ1) is 11.1. The van der Waals surface area contributed by atoms with Crippen molar-refractivity contribution in [2.75, 3.05) is 13.2 Å². The first-order valence-corrected chi connectivity index (χ1v) is 10.2. The van der Waals surface area contributed by atoms with E-state index in [0.717, 1.165) is 43.7 Å². The van der Waals surface area contributed by atoms with Gasteiger partial charge in [-0.2, -0.15) is 0 Å². The van der Waals surface area contributed by atoms with Gasteiger partial charge in [0.05, 0.1) is 12.7 Å². The Bertz CT molecular complexity index is 365. The van der Waals surface area contributed by atoms with Crippen LogP contribution in [0, 0.1) is 17.8 Å². The van der Waals surface area contributed by atoms with Gasteiger partial charge >= 0.3 is 0 Å². The average molecular weight is 324 g/mol. The summed E-state index contributed by atoms with van der Waals surface area (Å²) in [5.41, 5.74) is 0. The van der Waals surface area contributed by atoms with Crippen molar-refractivity contribution in [3.63, 3.8) is 0 Å². The van der Waals surface area contributed by atoms with Crippen LogP contribution >= 0.6 is 0 Å². The molecule has 3 nitrogen and oxygen atoms in total. The molecule has 0 aromatic carbocycles. The van der Waals surface area contributed by atoms with Crippen LogP contribution in [0.1, 0.15) is 78.6 Å². The quantitative estimate of drug-likeness (QED) is 0.808. The normalized spacial score (nSPS) is 42.9. The molecular weight excluding hydrogens is 286 g/mol. The van der Waals surface area contributed by atoms with Gasteiger partial charge in [-0.25, -0.2) is 0 Å². The fourth-order valence-corrected chi connectivity index (χ4v) is 4.86. The SMILES string of the molecule is CCC(C)C1CCC2(CC1)OCC(CNC1CCCCC1C)O2. The maximum atomic E-state index is 6.39. The fourth-order valence-electron chi connectivity index (χ4n) is 4.86. The third-order valence-electron chi connectivity index (χ3n) is 6.87. The molecule has 134 valence electrons. The molecule has 3 rings (SSSR count). The smallest absolute Gasteiger partial charge is 0.168 e. The van der Waals surface area contributed by atoms with E-state index in [1.165, 1.54) is 44.9 Å². The van der Waals surface area contributed by atoms with Crippen LogP contribution in [-0.2, 0) is 9.47 Å². The van der Waals surface area contributed by atoms with Gasteiger partial charge in [0.15, 0.2) is 5.79 Å². The fraction of sp³-hybridized carbons (Fsp3) is 1.00. The van der Waals surface area contributed by atoms with Gasteiger partial charge in [0.1, 0.15) is 0 Å². The van der Waals surface area contributed by atoms with Crippen LogP contribution in [0.4, 0.5) is 0 Å². The molecule has 1 aliphatic heterocycles. The first kappa shape index (κ1) is 17.7. The summed E-state index contributed by atoms with van der Waals surface area (Å²) in [6.45, 7) is 8.84. The minimum absolute atomic E-state index is 0.242. The van der Waals surface area contributed by atoms with Crippen molar-refractivity contribution < 1.29 is 9.47 Å². The van der Waals surface area contributed by atoms with Crippen LogP contribution in [-0.4, -0.2) is 31.1 Å². The van der Waals surface area contributed by atoms with E-state index in [1.807, 2.05) is 0 Å². The second-order valence-electron chi connectivity index (χ2n) is 8.46. The van der Waals surface area contributed by atoms with E-state index in [1.54, 1.807) is 0 Å². The lowest BCUT2D eigenvalue weighted by Gasteiger charge is -2.38. The Balaban J connectivity index is 1.42. The lowest BCUT2D eigenvalue weighted by molar-refractivity contribution is -0.194. The van der Waals surface area contributed by atoms with Crippen LogP contribution in [0.15, 0.2) is 0 Å². The zero-order valence-corrected chi connectivity index (χ0v) is 15.5. The van der Waals surface area contributed by atoms with Crippen molar-refractivity contribution in [1.82, 2.24) is 5.32 Å². The maximum Gasteiger partial charge on any atom is 0.168 e. The van der Waals surface area contributed by atoms with Crippen LogP contribution in [0.5, 0.6) is 0 Å². The summed E-state index contributed by atoms with van der Waals surface area (Å²) in [5.74, 6) is 2.29. The summed E-state index contributed by atoms with van der Waals surface area (Å²) >= 11 is 0. The highest BCUT2D eigenvalue weighted by Crippen LogP contribution is 2.42. The van der Waals surface area contributed by atoms with Crippen molar-refractivity contribution >= 4 is 0 Å². The zero-order chi connectivity index (χ0) is 16.3. The second kappa shape index (κ2) is 7.84. The molecule has 2 saturated carbocycles. The topological polar surface area (TPSA) is 30.5 Å². The molecule has 2 aliphatic carbocycles. The molecule has 0 amide bonds. The zero-order valence-electron chi connectivity index (χ0n) is 15.5. The summed E-state index contributed by atoms with van der Waals surface area (Å²) in [6.07, 6.45) is 11.8. The predicted octanol–water partition coefficient (Wildman–Crippen LogP) is 4.50. The molecule has 1 N–H and O–H groups in total. The molecule has 1 saturated heterocycles. The molecule has 0 aromatic rings. The Kier molecular flexibility index (Phi) is 6.03. The molecule has 4 unspecified atom stereocenters. The Hall–Kier alpha value is -0.120. The molecule has 0 aromatic heterocycles. The lowest BCUT2D eigenvalue weighted by Crippen LogP contribution is -2.43. The number of rotatable bonds is 5. The predicted molar refractivity (Wildman–Crippen MR) is 94.4 cm³/mol. The van der Waals surface area contributed by atoms with E-state index >= 15 is 0 Å². The molecule has 0 radical (unpaired) electrons. The molecule has 23 heavy (non-hydrogen) atoms. The van der Waals surface area contributed by atoms with Gasteiger partial charge < -0.3 is 14.8 Å². The summed E-state index contributed by atoms with van der Waals surface area (Å²) in [5, 5.41) is 3.77. The third kappa shape index (κ3) is 4.29. The number of ether oxygens (including phenoxy) is 2. The van der Waals surface area contributed by atoms with E-state index in [-0.39, 0.29) is 11.9 Å². The summed E-state index contributed by atoms with van der Waals surface area (Å²) < 4.78 is 12.6. The Morgan fingerprint density at radius 2 is 1.87 bits per heavy atom. The summed E-state index contributed by atoms with van der Waals surface area (Å²) in [6, 6.07) is 0.685. The second-order valence-corrected chi connectivity index (χ2v) is 8.46. The standard InChI is InChI=1S/C20H37NO2/c1-4-15(2)17-9-11-20(12-10-17)22-14-18(23-20)13-21-19-8-6-5-7-16(19)3/h15-19,21H,4-14H2,1-3H3. The molecule has 3 aliphatic rings. The minimum Gasteiger partial charge on any atom is -0.347 e. The van der Waals surface area contributed by atoms with Crippen LogP contribution < -0.4 is 5.32 Å². The van der Waals surface area contributed by atoms with Gasteiger partial charge in [-0.1, -0.05) is 40.0 Å². The van der Waals surface area contributed by atoms with Crippen molar-refractivity contribution in [2.45, 2.75) is 96.5 Å². The molecule has 0 bridgehead atoms. The van der Waals surface area contributed by atoms with Crippen LogP contribution in [0.3, 0.4) is 0 Å². The average Bonchev–Trinajstić information content (AvgIpc) is 2.97. The molecule has 3 fully saturated rings. The lowest BCUT2D eigenvalue weighted by atomic mass is 9.77. The largest absolute Gasteiger partial charge is 0.347 e. The van der Waals surface area contributed by atoms with Crippen LogP contribution in [0.2, 0.25) is 0 Å². The highest BCUT2D eigenvalue weighted by molar-refractivity contribution is 4.88. The molecule has 3 heteroatoms. The number of hydrogen-bond donors (Lipinski definition) is 1. The molecule has 1 heterocycles. The highest BCUT2D eigenvalue weighted by Gasteiger charge is 2.44.